The van der Waals surface area contributed by atoms with Gasteiger partial charge in [-0.1, -0.05) is 54.6 Å². The number of carboxylic acid groups (broad SMARTS) is 1. The lowest BCUT2D eigenvalue weighted by Crippen LogP contribution is -2.64. The van der Waals surface area contributed by atoms with Crippen molar-refractivity contribution in [1.82, 2.24) is 20.0 Å². The van der Waals surface area contributed by atoms with Gasteiger partial charge in [0, 0.05) is 69.5 Å². The number of esters is 1. The number of anilines is 1. The second kappa shape index (κ2) is 17.7. The Labute approximate surface area is 322 Å². The zero-order valence-electron chi connectivity index (χ0n) is 31.9. The molecule has 2 fully saturated rings. The molecule has 2 saturated heterocycles. The van der Waals surface area contributed by atoms with Gasteiger partial charge in [0.1, 0.15) is 12.4 Å². The maximum absolute atomic E-state index is 14.5. The van der Waals surface area contributed by atoms with Crippen molar-refractivity contribution in [2.24, 2.45) is 0 Å². The third-order valence-corrected chi connectivity index (χ3v) is 11.1. The summed E-state index contributed by atoms with van der Waals surface area (Å²) in [5.74, 6) is -1.11. The molecule has 294 valence electrons. The average Bonchev–Trinajstić information content (AvgIpc) is 3.48. The van der Waals surface area contributed by atoms with Crippen LogP contribution in [0.1, 0.15) is 55.9 Å². The first kappa shape index (κ1) is 39.8. The quantitative estimate of drug-likeness (QED) is 0.192. The van der Waals surface area contributed by atoms with Crippen molar-refractivity contribution in [3.63, 3.8) is 0 Å². The normalized spacial score (nSPS) is 22.9. The molecule has 13 heteroatoms. The fraction of sp³-hybridized carbons (Fsp3) is 0.476. The Morgan fingerprint density at radius 1 is 0.945 bits per heavy atom. The molecule has 12 nitrogen and oxygen atoms in total. The number of ether oxygens (including phenoxy) is 2. The molecule has 0 aliphatic carbocycles. The van der Waals surface area contributed by atoms with Crippen molar-refractivity contribution in [2.75, 3.05) is 63.9 Å². The lowest BCUT2D eigenvalue weighted by atomic mass is 9.83. The van der Waals surface area contributed by atoms with E-state index >= 15 is 0 Å². The van der Waals surface area contributed by atoms with E-state index in [0.717, 1.165) is 23.2 Å². The van der Waals surface area contributed by atoms with Gasteiger partial charge in [0.25, 0.3) is 0 Å². The first-order valence-corrected chi connectivity index (χ1v) is 19.1. The van der Waals surface area contributed by atoms with Crippen LogP contribution in [0.2, 0.25) is 0 Å². The fourth-order valence-electron chi connectivity index (χ4n) is 7.86. The van der Waals surface area contributed by atoms with Crippen LogP contribution in [0.3, 0.4) is 0 Å². The average molecular weight is 758 g/mol. The standard InChI is InChI=1S/C42H52FN5O7/c1-29-22-46(35(24-47(29)41(52)53)23-45-18-19-54-26-30(45)2)25-38(49)48-28-42(3,36-16-13-33(21-37(36)48)20-31-11-14-34(43)15-12-31)40(51)44-17-7-10-39(50)55-27-32-8-5-4-6-9-32/h4-6,8-9,11-16,21,29-30,35H,7,10,17-20,22-28H2,1-3H3,(H,44,51)(H,52,53)/t29-,30-,35+,42-/m1/s1. The number of hydrogen-bond acceptors (Lipinski definition) is 8. The summed E-state index contributed by atoms with van der Waals surface area (Å²) < 4.78 is 24.7. The number of fused-ring (bicyclic) bond motifs is 1. The Bertz CT molecular complexity index is 1830. The number of rotatable bonds is 13. The summed E-state index contributed by atoms with van der Waals surface area (Å²) in [6.45, 7) is 9.54. The minimum Gasteiger partial charge on any atom is -0.465 e. The molecule has 0 aromatic heterocycles. The van der Waals surface area contributed by atoms with Gasteiger partial charge in [-0.3, -0.25) is 24.2 Å². The summed E-state index contributed by atoms with van der Waals surface area (Å²) in [4.78, 5) is 60.6. The van der Waals surface area contributed by atoms with E-state index < -0.39 is 11.5 Å². The van der Waals surface area contributed by atoms with E-state index in [1.807, 2.05) is 62.4 Å². The van der Waals surface area contributed by atoms with Gasteiger partial charge in [-0.05, 0) is 74.1 Å². The van der Waals surface area contributed by atoms with Crippen LogP contribution in [0.25, 0.3) is 0 Å². The van der Waals surface area contributed by atoms with Crippen molar-refractivity contribution in [3.05, 3.63) is 101 Å². The van der Waals surface area contributed by atoms with Crippen molar-refractivity contribution >= 4 is 29.6 Å². The second-order valence-electron chi connectivity index (χ2n) is 15.3. The highest BCUT2D eigenvalue weighted by Gasteiger charge is 2.47. The molecule has 55 heavy (non-hydrogen) atoms. The number of piperazine rings is 1. The third kappa shape index (κ3) is 9.70. The number of hydrogen-bond donors (Lipinski definition) is 2. The number of benzene rings is 3. The number of nitrogens with one attached hydrogen (secondary N) is 1. The van der Waals surface area contributed by atoms with Crippen molar-refractivity contribution in [2.45, 2.75) is 70.2 Å². The van der Waals surface area contributed by atoms with E-state index in [1.165, 1.54) is 17.0 Å². The smallest absolute Gasteiger partial charge is 0.407 e. The Hall–Kier alpha value is -4.85. The van der Waals surface area contributed by atoms with Crippen LogP contribution in [-0.2, 0) is 42.3 Å². The van der Waals surface area contributed by atoms with E-state index in [2.05, 4.69) is 22.0 Å². The summed E-state index contributed by atoms with van der Waals surface area (Å²) >= 11 is 0. The molecule has 0 bridgehead atoms. The molecule has 4 atom stereocenters. The van der Waals surface area contributed by atoms with Crippen molar-refractivity contribution < 1.29 is 38.1 Å². The predicted molar refractivity (Wildman–Crippen MR) is 205 cm³/mol. The highest BCUT2D eigenvalue weighted by Crippen LogP contribution is 2.42. The fourth-order valence-corrected chi connectivity index (χ4v) is 7.86. The summed E-state index contributed by atoms with van der Waals surface area (Å²) in [5, 5.41) is 13.0. The van der Waals surface area contributed by atoms with Crippen molar-refractivity contribution in [1.29, 1.82) is 0 Å². The van der Waals surface area contributed by atoms with Gasteiger partial charge in [-0.25, -0.2) is 9.18 Å². The molecule has 0 saturated carbocycles. The largest absolute Gasteiger partial charge is 0.465 e. The Balaban J connectivity index is 1.18. The monoisotopic (exact) mass is 757 g/mol. The predicted octanol–water partition coefficient (Wildman–Crippen LogP) is 4.43. The van der Waals surface area contributed by atoms with Gasteiger partial charge in [0.05, 0.1) is 25.2 Å². The highest BCUT2D eigenvalue weighted by atomic mass is 19.1. The zero-order valence-corrected chi connectivity index (χ0v) is 31.9. The van der Waals surface area contributed by atoms with Gasteiger partial charge in [0.2, 0.25) is 11.8 Å². The number of halogens is 1. The molecule has 3 heterocycles. The third-order valence-electron chi connectivity index (χ3n) is 11.1. The SMILES string of the molecule is C[C@@H]1COCCN1C[C@H]1CN(C(=O)O)[C@H](C)CN1CC(=O)N1C[C@@](C)(C(=O)NCCCC(=O)OCc2ccccc2)c2ccc(Cc3ccc(F)cc3)cc21. The lowest BCUT2D eigenvalue weighted by molar-refractivity contribution is -0.145. The van der Waals surface area contributed by atoms with Crippen LogP contribution in [0.4, 0.5) is 14.9 Å². The molecule has 0 unspecified atom stereocenters. The van der Waals surface area contributed by atoms with Gasteiger partial charge in [0.15, 0.2) is 0 Å². The van der Waals surface area contributed by atoms with E-state index in [1.54, 1.807) is 17.0 Å². The second-order valence-corrected chi connectivity index (χ2v) is 15.3. The highest BCUT2D eigenvalue weighted by molar-refractivity contribution is 6.03. The summed E-state index contributed by atoms with van der Waals surface area (Å²) in [5.41, 5.74) is 2.99. The molecule has 2 N–H and O–H groups in total. The summed E-state index contributed by atoms with van der Waals surface area (Å²) in [7, 11) is 0. The topological polar surface area (TPSA) is 132 Å². The van der Waals surface area contributed by atoms with Gasteiger partial charge in [-0.15, -0.1) is 0 Å². The Morgan fingerprint density at radius 3 is 2.42 bits per heavy atom. The molecular formula is C42H52FN5O7. The first-order valence-electron chi connectivity index (χ1n) is 19.1. The van der Waals surface area contributed by atoms with Crippen LogP contribution < -0.4 is 10.2 Å². The van der Waals surface area contributed by atoms with Crippen LogP contribution in [0, 0.1) is 5.82 Å². The van der Waals surface area contributed by atoms with Gasteiger partial charge >= 0.3 is 12.1 Å². The minimum atomic E-state index is -1.08. The number of carbonyl (C=O) groups excluding carboxylic acids is 3. The molecule has 3 aromatic rings. The lowest BCUT2D eigenvalue weighted by Gasteiger charge is -2.47. The van der Waals surface area contributed by atoms with Gasteiger partial charge < -0.3 is 29.7 Å². The molecular weight excluding hydrogens is 705 g/mol. The summed E-state index contributed by atoms with van der Waals surface area (Å²) in [6, 6.07) is 21.1. The van der Waals surface area contributed by atoms with Crippen molar-refractivity contribution in [3.8, 4) is 0 Å². The molecule has 3 aliphatic heterocycles. The molecule has 3 aliphatic rings. The number of nitrogens with zero attached hydrogens (tertiary/aromatic N) is 4. The number of carbonyl (C=O) groups is 4. The molecule has 0 radical (unpaired) electrons. The Morgan fingerprint density at radius 2 is 1.69 bits per heavy atom. The molecule has 3 aromatic carbocycles. The van der Waals surface area contributed by atoms with E-state index in [-0.39, 0.29) is 80.9 Å². The van der Waals surface area contributed by atoms with E-state index in [9.17, 15) is 28.7 Å². The molecule has 3 amide bonds. The first-order chi connectivity index (χ1) is 26.4. The maximum Gasteiger partial charge on any atom is 0.407 e. The number of amides is 3. The van der Waals surface area contributed by atoms with E-state index in [4.69, 9.17) is 9.47 Å². The molecule has 0 spiro atoms. The summed E-state index contributed by atoms with van der Waals surface area (Å²) in [6.07, 6.45) is 0.0698. The van der Waals surface area contributed by atoms with Crippen LogP contribution in [-0.4, -0.2) is 121 Å². The minimum absolute atomic E-state index is 0.0472. The van der Waals surface area contributed by atoms with Crippen LogP contribution >= 0.6 is 0 Å². The van der Waals surface area contributed by atoms with Crippen LogP contribution in [0.15, 0.2) is 72.8 Å². The zero-order chi connectivity index (χ0) is 39.1. The van der Waals surface area contributed by atoms with Crippen LogP contribution in [0.5, 0.6) is 0 Å². The maximum atomic E-state index is 14.5. The molecule has 6 rings (SSSR count). The van der Waals surface area contributed by atoms with Gasteiger partial charge in [-0.2, -0.15) is 0 Å². The number of morpholine rings is 1. The Kier molecular flexibility index (Phi) is 12.8. The van der Waals surface area contributed by atoms with E-state index in [0.29, 0.717) is 50.4 Å².